The Bertz CT molecular complexity index is 464. The number of hydrogen-bond donors (Lipinski definition) is 0. The van der Waals surface area contributed by atoms with E-state index >= 15 is 0 Å². The second kappa shape index (κ2) is 6.38. The van der Waals surface area contributed by atoms with Gasteiger partial charge in [0.15, 0.2) is 0 Å². The van der Waals surface area contributed by atoms with Crippen molar-refractivity contribution in [2.45, 2.75) is 40.5 Å². The molecule has 0 saturated heterocycles. The Morgan fingerprint density at radius 2 is 1.11 bits per heavy atom. The third-order valence-corrected chi connectivity index (χ3v) is 7.83. The van der Waals surface area contributed by atoms with Crippen molar-refractivity contribution in [2.75, 3.05) is 0 Å². The monoisotopic (exact) mass is 464 g/mol. The van der Waals surface area contributed by atoms with Gasteiger partial charge in [0.05, 0.1) is 9.52 Å². The van der Waals surface area contributed by atoms with E-state index in [4.69, 9.17) is 23.2 Å². The molecule has 0 spiro atoms. The molecule has 4 heteroatoms. The average Bonchev–Trinajstić information content (AvgIpc) is 2.62. The standard InChI is InChI=1S/C14H18Cl2Si.Hf/c1-7-5-11(15)13(9(7)3)17-14-10(4)8(2)6-12(14)16;/h5-6,17H2,1-4H3;. The molecule has 0 heterocycles. The zero-order valence-corrected chi connectivity index (χ0v) is 17.9. The van der Waals surface area contributed by atoms with Crippen LogP contribution in [0.1, 0.15) is 40.5 Å². The predicted octanol–water partition coefficient (Wildman–Crippen LogP) is 4.53. The quantitative estimate of drug-likeness (QED) is 0.528. The Morgan fingerprint density at radius 3 is 1.33 bits per heavy atom. The predicted molar refractivity (Wildman–Crippen MR) is 80.3 cm³/mol. The van der Waals surface area contributed by atoms with Crippen LogP contribution in [0.15, 0.2) is 42.7 Å². The first-order valence-corrected chi connectivity index (χ1v) is 8.17. The molecule has 0 bridgehead atoms. The van der Waals surface area contributed by atoms with E-state index in [9.17, 15) is 0 Å². The molecule has 18 heavy (non-hydrogen) atoms. The summed E-state index contributed by atoms with van der Waals surface area (Å²) in [5.41, 5.74) is 5.67. The molecule has 0 aromatic carbocycles. The van der Waals surface area contributed by atoms with Crippen molar-refractivity contribution in [3.8, 4) is 0 Å². The van der Waals surface area contributed by atoms with Crippen LogP contribution in [0.5, 0.6) is 0 Å². The molecule has 0 aliphatic heterocycles. The van der Waals surface area contributed by atoms with Gasteiger partial charge in [-0.2, -0.15) is 0 Å². The summed E-state index contributed by atoms with van der Waals surface area (Å²) in [7, 11) is -0.510. The van der Waals surface area contributed by atoms with Crippen molar-refractivity contribution in [1.29, 1.82) is 0 Å². The zero-order valence-electron chi connectivity index (χ0n) is 11.4. The maximum Gasteiger partial charge on any atom is 0.0912 e. The molecule has 0 nitrogen and oxygen atoms in total. The molecular weight excluding hydrogens is 446 g/mol. The van der Waals surface area contributed by atoms with Gasteiger partial charge in [-0.05, 0) is 38.1 Å². The van der Waals surface area contributed by atoms with Crippen LogP contribution in [0.25, 0.3) is 0 Å². The molecule has 0 amide bonds. The Morgan fingerprint density at radius 1 is 0.778 bits per heavy atom. The molecular formula is C14H18Cl2HfSi. The van der Waals surface area contributed by atoms with Gasteiger partial charge in [0.2, 0.25) is 0 Å². The van der Waals surface area contributed by atoms with Crippen LogP contribution in [0, 0.1) is 0 Å². The van der Waals surface area contributed by atoms with Gasteiger partial charge in [0.1, 0.15) is 0 Å². The first-order valence-electron chi connectivity index (χ1n) is 6.00. The summed E-state index contributed by atoms with van der Waals surface area (Å²) < 4.78 is 0. The molecule has 0 fully saturated rings. The summed E-state index contributed by atoms with van der Waals surface area (Å²) in [4.78, 5) is 0. The molecule has 0 radical (unpaired) electrons. The average molecular weight is 464 g/mol. The fourth-order valence-corrected chi connectivity index (χ4v) is 5.71. The Balaban J connectivity index is 0.00000162. The van der Waals surface area contributed by atoms with Crippen molar-refractivity contribution in [1.82, 2.24) is 0 Å². The molecule has 2 aliphatic carbocycles. The van der Waals surface area contributed by atoms with E-state index in [1.165, 1.54) is 32.7 Å². The molecule has 0 atom stereocenters. The first-order chi connectivity index (χ1) is 7.91. The van der Waals surface area contributed by atoms with Crippen LogP contribution < -0.4 is 0 Å². The second-order valence-corrected chi connectivity index (χ2v) is 7.79. The van der Waals surface area contributed by atoms with Crippen molar-refractivity contribution >= 4 is 32.7 Å². The van der Waals surface area contributed by atoms with Gasteiger partial charge in [-0.1, -0.05) is 45.5 Å². The van der Waals surface area contributed by atoms with Gasteiger partial charge in [-0.25, -0.2) is 0 Å². The first kappa shape index (κ1) is 16.7. The van der Waals surface area contributed by atoms with E-state index in [0.29, 0.717) is 0 Å². The molecule has 0 aromatic rings. The third-order valence-electron chi connectivity index (χ3n) is 4.03. The van der Waals surface area contributed by atoms with Crippen molar-refractivity contribution < 1.29 is 25.8 Å². The van der Waals surface area contributed by atoms with Gasteiger partial charge < -0.3 is 0 Å². The SMILES string of the molecule is CC1=C(C)C([SiH2]C2=C(Cl)CC(C)=C2C)=C(Cl)C1.[Hf]. The van der Waals surface area contributed by atoms with Crippen molar-refractivity contribution in [2.24, 2.45) is 0 Å². The van der Waals surface area contributed by atoms with Crippen molar-refractivity contribution in [3.63, 3.8) is 0 Å². The minimum absolute atomic E-state index is 0. The number of halogens is 2. The summed E-state index contributed by atoms with van der Waals surface area (Å²) in [6.45, 7) is 8.75. The molecule has 0 N–H and O–H groups in total. The van der Waals surface area contributed by atoms with Crippen LogP contribution in [0.4, 0.5) is 0 Å². The van der Waals surface area contributed by atoms with Gasteiger partial charge in [-0.15, -0.1) is 0 Å². The fraction of sp³-hybridized carbons (Fsp3) is 0.429. The third kappa shape index (κ3) is 3.03. The minimum Gasteiger partial charge on any atom is -0.0889 e. The van der Waals surface area contributed by atoms with E-state index in [1.807, 2.05) is 0 Å². The van der Waals surface area contributed by atoms with Crippen molar-refractivity contribution in [3.05, 3.63) is 42.7 Å². The molecule has 2 rings (SSSR count). The zero-order chi connectivity index (χ0) is 12.7. The van der Waals surface area contributed by atoms with Crippen LogP contribution in [-0.2, 0) is 25.8 Å². The van der Waals surface area contributed by atoms with Gasteiger partial charge >= 0.3 is 0 Å². The summed E-state index contributed by atoms with van der Waals surface area (Å²) in [6, 6.07) is 0. The molecule has 0 saturated carbocycles. The van der Waals surface area contributed by atoms with E-state index in [1.54, 1.807) is 0 Å². The van der Waals surface area contributed by atoms with E-state index < -0.39 is 9.52 Å². The van der Waals surface area contributed by atoms with Gasteiger partial charge in [0, 0.05) is 48.7 Å². The van der Waals surface area contributed by atoms with E-state index in [0.717, 1.165) is 22.9 Å². The van der Waals surface area contributed by atoms with E-state index in [-0.39, 0.29) is 25.8 Å². The van der Waals surface area contributed by atoms with Crippen LogP contribution in [0.3, 0.4) is 0 Å². The minimum atomic E-state index is -0.510. The smallest absolute Gasteiger partial charge is 0.0889 e. The maximum atomic E-state index is 6.37. The van der Waals surface area contributed by atoms with E-state index in [2.05, 4.69) is 27.7 Å². The summed E-state index contributed by atoms with van der Waals surface area (Å²) in [5, 5.41) is 4.96. The second-order valence-electron chi connectivity index (χ2n) is 5.11. The van der Waals surface area contributed by atoms with Crippen LogP contribution >= 0.6 is 23.2 Å². The maximum absolute atomic E-state index is 6.37. The molecule has 2 aliphatic rings. The summed E-state index contributed by atoms with van der Waals surface area (Å²) in [5.74, 6) is 0. The number of hydrogen-bond acceptors (Lipinski definition) is 0. The Hall–Kier alpha value is 0.627. The van der Waals surface area contributed by atoms with Crippen LogP contribution in [-0.4, -0.2) is 9.52 Å². The number of rotatable bonds is 2. The summed E-state index contributed by atoms with van der Waals surface area (Å²) in [6.07, 6.45) is 1.89. The Labute approximate surface area is 141 Å². The molecule has 0 unspecified atom stereocenters. The van der Waals surface area contributed by atoms with Gasteiger partial charge in [-0.3, -0.25) is 0 Å². The van der Waals surface area contributed by atoms with Gasteiger partial charge in [0.25, 0.3) is 0 Å². The Kier molecular flexibility index (Phi) is 5.92. The number of allylic oxidation sites excluding steroid dienone is 8. The largest absolute Gasteiger partial charge is 0.0912 e. The molecule has 96 valence electrons. The fourth-order valence-electron chi connectivity index (χ4n) is 2.50. The summed E-state index contributed by atoms with van der Waals surface area (Å²) >= 11 is 12.7. The normalized spacial score (nSPS) is 20.3. The molecule has 0 aromatic heterocycles. The topological polar surface area (TPSA) is 0 Å². The van der Waals surface area contributed by atoms with Crippen LogP contribution in [0.2, 0.25) is 0 Å².